The Labute approximate surface area is 240 Å². The zero-order valence-corrected chi connectivity index (χ0v) is 30.0. The van der Waals surface area contributed by atoms with Crippen molar-refractivity contribution in [1.29, 1.82) is 0 Å². The Morgan fingerprint density at radius 3 is 1.21 bits per heavy atom. The van der Waals surface area contributed by atoms with Gasteiger partial charge in [0, 0.05) is 34.4 Å². The molecule has 11 heteroatoms. The predicted molar refractivity (Wildman–Crippen MR) is 172 cm³/mol. The van der Waals surface area contributed by atoms with E-state index >= 15 is 0 Å². The van der Waals surface area contributed by atoms with Crippen molar-refractivity contribution in [2.24, 2.45) is 0 Å². The van der Waals surface area contributed by atoms with Gasteiger partial charge in [0.1, 0.15) is 0 Å². The lowest BCUT2D eigenvalue weighted by Crippen LogP contribution is -2.73. The minimum atomic E-state index is -3.40. The van der Waals surface area contributed by atoms with E-state index in [0.29, 0.717) is 0 Å². The molecule has 0 N–H and O–H groups in total. The normalized spacial score (nSPS) is 14.7. The van der Waals surface area contributed by atoms with Crippen molar-refractivity contribution in [3.8, 4) is 0 Å². The van der Waals surface area contributed by atoms with Crippen LogP contribution >= 0.6 is 0 Å². The molecule has 0 saturated heterocycles. The van der Waals surface area contributed by atoms with Crippen LogP contribution in [0.2, 0.25) is 45.8 Å². The molecule has 3 aromatic rings. The molecule has 39 heavy (non-hydrogen) atoms. The van der Waals surface area contributed by atoms with E-state index in [1.807, 2.05) is 49.5 Å². The molecular formula is C28H44O6Si5. The van der Waals surface area contributed by atoms with Crippen molar-refractivity contribution in [3.63, 3.8) is 0 Å². The van der Waals surface area contributed by atoms with Gasteiger partial charge in [-0.25, -0.2) is 0 Å². The van der Waals surface area contributed by atoms with Crippen molar-refractivity contribution in [1.82, 2.24) is 0 Å². The first-order valence-corrected chi connectivity index (χ1v) is 25.9. The van der Waals surface area contributed by atoms with Crippen LogP contribution in [-0.2, 0) is 25.6 Å². The van der Waals surface area contributed by atoms with E-state index in [4.69, 9.17) is 25.6 Å². The van der Waals surface area contributed by atoms with Crippen LogP contribution in [0.25, 0.3) is 0 Å². The van der Waals surface area contributed by atoms with E-state index in [1.54, 1.807) is 21.3 Å². The van der Waals surface area contributed by atoms with Crippen LogP contribution in [-0.4, -0.2) is 63.9 Å². The van der Waals surface area contributed by atoms with Gasteiger partial charge in [-0.05, 0) is 28.7 Å². The summed E-state index contributed by atoms with van der Waals surface area (Å²) < 4.78 is 38.6. The Hall–Kier alpha value is -1.50. The summed E-state index contributed by atoms with van der Waals surface area (Å²) in [5.41, 5.74) is 0. The van der Waals surface area contributed by atoms with Crippen LogP contribution in [0.1, 0.15) is 0 Å². The van der Waals surface area contributed by atoms with E-state index in [9.17, 15) is 0 Å². The summed E-state index contributed by atoms with van der Waals surface area (Å²) in [6.07, 6.45) is 0. The standard InChI is InChI=1S/C28H44O6Si5/c1-29-37(9,30-2)33-38(10,31-3)34-39(27-17-13-11-14-18-27,28-19-15-12-16-20-28)32-36(7,8)26-23-21-25(22-24-26)35(4,5)6/h11-24H,1-10H3. The van der Waals surface area contributed by atoms with Gasteiger partial charge in [-0.3, -0.25) is 0 Å². The summed E-state index contributed by atoms with van der Waals surface area (Å²) in [5.74, 6) is 0. The molecule has 0 aromatic heterocycles. The monoisotopic (exact) mass is 616 g/mol. The third-order valence-electron chi connectivity index (χ3n) is 6.96. The quantitative estimate of drug-likeness (QED) is 0.271. The fourth-order valence-electron chi connectivity index (χ4n) is 4.40. The molecule has 0 heterocycles. The maximum atomic E-state index is 7.46. The van der Waals surface area contributed by atoms with Crippen LogP contribution in [0.4, 0.5) is 0 Å². The van der Waals surface area contributed by atoms with Gasteiger partial charge in [0.15, 0.2) is 0 Å². The highest BCUT2D eigenvalue weighted by atomic mass is 28.5. The molecule has 3 aromatic carbocycles. The summed E-state index contributed by atoms with van der Waals surface area (Å²) in [6, 6.07) is 29.5. The first-order chi connectivity index (χ1) is 18.2. The largest absolute Gasteiger partial charge is 0.489 e. The lowest BCUT2D eigenvalue weighted by atomic mass is 10.4. The van der Waals surface area contributed by atoms with Crippen molar-refractivity contribution in [2.45, 2.75) is 45.8 Å². The number of hydrogen-bond acceptors (Lipinski definition) is 6. The van der Waals surface area contributed by atoms with Gasteiger partial charge in [-0.2, -0.15) is 0 Å². The molecule has 0 aliphatic rings. The molecule has 1 atom stereocenters. The third kappa shape index (κ3) is 7.62. The first-order valence-electron chi connectivity index (χ1n) is 13.2. The SMILES string of the molecule is CO[Si](C)(OC)O[Si](C)(OC)O[Si](O[Si](C)(C)c1ccc([Si](C)(C)C)cc1)(c1ccccc1)c1ccccc1. The second-order valence-corrected chi connectivity index (χ2v) is 29.5. The van der Waals surface area contributed by atoms with E-state index in [-0.39, 0.29) is 0 Å². The van der Waals surface area contributed by atoms with Crippen molar-refractivity contribution in [2.75, 3.05) is 21.3 Å². The smallest absolute Gasteiger partial charge is 0.426 e. The topological polar surface area (TPSA) is 55.4 Å². The van der Waals surface area contributed by atoms with Gasteiger partial charge >= 0.3 is 26.2 Å². The molecular weight excluding hydrogens is 573 g/mol. The van der Waals surface area contributed by atoms with Gasteiger partial charge in [-0.1, -0.05) is 110 Å². The Kier molecular flexibility index (Phi) is 10.3. The maximum absolute atomic E-state index is 7.46. The highest BCUT2D eigenvalue weighted by Gasteiger charge is 2.56. The summed E-state index contributed by atoms with van der Waals surface area (Å²) >= 11 is 0. The highest BCUT2D eigenvalue weighted by Crippen LogP contribution is 2.26. The molecule has 1 unspecified atom stereocenters. The lowest BCUT2D eigenvalue weighted by molar-refractivity contribution is 0.110. The van der Waals surface area contributed by atoms with E-state index in [2.05, 4.69) is 81.3 Å². The van der Waals surface area contributed by atoms with Gasteiger partial charge in [-0.15, -0.1) is 0 Å². The van der Waals surface area contributed by atoms with Crippen LogP contribution < -0.4 is 20.7 Å². The van der Waals surface area contributed by atoms with Gasteiger partial charge in [0.25, 0.3) is 0 Å². The predicted octanol–water partition coefficient (Wildman–Crippen LogP) is 4.03. The van der Waals surface area contributed by atoms with Crippen molar-refractivity contribution >= 4 is 63.3 Å². The third-order valence-corrected chi connectivity index (χ3v) is 24.0. The molecule has 0 spiro atoms. The van der Waals surface area contributed by atoms with E-state index in [1.165, 1.54) is 10.4 Å². The zero-order chi connectivity index (χ0) is 29.0. The fourth-order valence-corrected chi connectivity index (χ4v) is 20.7. The molecule has 0 aliphatic heterocycles. The summed E-state index contributed by atoms with van der Waals surface area (Å²) in [7, 11) is -8.92. The van der Waals surface area contributed by atoms with Crippen LogP contribution in [0, 0.1) is 0 Å². The lowest BCUT2D eigenvalue weighted by Gasteiger charge is -2.43. The Morgan fingerprint density at radius 2 is 0.821 bits per heavy atom. The molecule has 3 rings (SSSR count). The fraction of sp³-hybridized carbons (Fsp3) is 0.357. The minimum absolute atomic E-state index is 0.994. The molecule has 0 amide bonds. The minimum Gasteiger partial charge on any atom is -0.426 e. The summed E-state index contributed by atoms with van der Waals surface area (Å²) in [5, 5.41) is 4.63. The van der Waals surface area contributed by atoms with Gasteiger partial charge in [0.2, 0.25) is 8.32 Å². The van der Waals surface area contributed by atoms with E-state index < -0.39 is 42.6 Å². The Balaban J connectivity index is 2.21. The second-order valence-electron chi connectivity index (χ2n) is 11.3. The molecule has 212 valence electrons. The van der Waals surface area contributed by atoms with Crippen molar-refractivity contribution < 1.29 is 25.6 Å². The van der Waals surface area contributed by atoms with Crippen molar-refractivity contribution in [3.05, 3.63) is 84.9 Å². The van der Waals surface area contributed by atoms with E-state index in [0.717, 1.165) is 10.4 Å². The number of hydrogen-bond donors (Lipinski definition) is 0. The van der Waals surface area contributed by atoms with Crippen LogP contribution in [0.3, 0.4) is 0 Å². The molecule has 6 nitrogen and oxygen atoms in total. The summed E-state index contributed by atoms with van der Waals surface area (Å²) in [6.45, 7) is 15.3. The second kappa shape index (κ2) is 12.6. The zero-order valence-electron chi connectivity index (χ0n) is 25.0. The maximum Gasteiger partial charge on any atom is 0.489 e. The van der Waals surface area contributed by atoms with Gasteiger partial charge in [0.05, 0.1) is 8.07 Å². The average molecular weight is 617 g/mol. The summed E-state index contributed by atoms with van der Waals surface area (Å²) in [4.78, 5) is 0. The molecule has 0 bridgehead atoms. The highest BCUT2D eigenvalue weighted by molar-refractivity contribution is 7.04. The average Bonchev–Trinajstić information content (AvgIpc) is 2.93. The Morgan fingerprint density at radius 1 is 0.410 bits per heavy atom. The van der Waals surface area contributed by atoms with Crippen LogP contribution in [0.15, 0.2) is 84.9 Å². The van der Waals surface area contributed by atoms with Crippen LogP contribution in [0.5, 0.6) is 0 Å². The first kappa shape index (κ1) is 32.0. The molecule has 0 saturated carbocycles. The molecule has 0 fully saturated rings. The van der Waals surface area contributed by atoms with Gasteiger partial charge < -0.3 is 25.6 Å². The molecule has 0 radical (unpaired) electrons. The molecule has 0 aliphatic carbocycles. The number of benzene rings is 3. The Bertz CT molecular complexity index is 1150. The number of rotatable bonds is 13.